The van der Waals surface area contributed by atoms with Crippen LogP contribution in [-0.4, -0.2) is 14.9 Å². The lowest BCUT2D eigenvalue weighted by molar-refractivity contribution is 0.560. The van der Waals surface area contributed by atoms with E-state index in [1.807, 2.05) is 60.3 Å². The number of anilines is 2. The SMILES string of the molecule is Cc1cc(=O)oc2cc(NC(=S)Nc3ccn(Cc4ccc(Cl)cc4)n3)ccc12. The van der Waals surface area contributed by atoms with Crippen LogP contribution in [0.2, 0.25) is 5.02 Å². The maximum absolute atomic E-state index is 11.6. The van der Waals surface area contributed by atoms with E-state index in [9.17, 15) is 4.79 Å². The number of benzene rings is 2. The van der Waals surface area contributed by atoms with Gasteiger partial charge in [-0.15, -0.1) is 0 Å². The highest BCUT2D eigenvalue weighted by Gasteiger charge is 2.06. The highest BCUT2D eigenvalue weighted by atomic mass is 35.5. The maximum atomic E-state index is 11.6. The van der Waals surface area contributed by atoms with Crippen molar-refractivity contribution in [3.8, 4) is 0 Å². The highest BCUT2D eigenvalue weighted by molar-refractivity contribution is 7.80. The molecule has 2 heterocycles. The minimum absolute atomic E-state index is 0.376. The molecule has 0 unspecified atom stereocenters. The molecule has 2 aromatic heterocycles. The summed E-state index contributed by atoms with van der Waals surface area (Å²) in [6.07, 6.45) is 1.87. The van der Waals surface area contributed by atoms with Crippen molar-refractivity contribution in [2.24, 2.45) is 0 Å². The lowest BCUT2D eigenvalue weighted by Gasteiger charge is -2.09. The van der Waals surface area contributed by atoms with Gasteiger partial charge in [-0.1, -0.05) is 23.7 Å². The topological polar surface area (TPSA) is 72.1 Å². The van der Waals surface area contributed by atoms with E-state index in [0.717, 1.165) is 16.5 Å². The number of nitrogens with one attached hydrogen (secondary N) is 2. The van der Waals surface area contributed by atoms with Gasteiger partial charge in [-0.05, 0) is 54.5 Å². The third kappa shape index (κ3) is 4.64. The summed E-state index contributed by atoms with van der Waals surface area (Å²) < 4.78 is 7.07. The van der Waals surface area contributed by atoms with Crippen molar-refractivity contribution < 1.29 is 4.42 Å². The number of aryl methyl sites for hydroxylation is 1. The first kappa shape index (κ1) is 19.2. The minimum atomic E-state index is -0.376. The molecule has 0 atom stereocenters. The first-order chi connectivity index (χ1) is 14.0. The number of fused-ring (bicyclic) bond motifs is 1. The second kappa shape index (κ2) is 8.06. The Bertz CT molecular complexity index is 1250. The quantitative estimate of drug-likeness (QED) is 0.362. The second-order valence-electron chi connectivity index (χ2n) is 6.56. The van der Waals surface area contributed by atoms with Crippen molar-refractivity contribution in [2.75, 3.05) is 10.6 Å². The van der Waals surface area contributed by atoms with Crippen LogP contribution in [0.4, 0.5) is 11.5 Å². The van der Waals surface area contributed by atoms with E-state index >= 15 is 0 Å². The third-order valence-corrected chi connectivity index (χ3v) is 4.81. The Balaban J connectivity index is 1.42. The van der Waals surface area contributed by atoms with Crippen molar-refractivity contribution in [1.29, 1.82) is 0 Å². The molecule has 0 radical (unpaired) electrons. The van der Waals surface area contributed by atoms with Gasteiger partial charge in [-0.25, -0.2) is 4.79 Å². The van der Waals surface area contributed by atoms with E-state index < -0.39 is 0 Å². The van der Waals surface area contributed by atoms with Crippen LogP contribution in [0.1, 0.15) is 11.1 Å². The van der Waals surface area contributed by atoms with Crippen LogP contribution in [0.5, 0.6) is 0 Å². The Kier molecular flexibility index (Phi) is 5.33. The number of nitrogens with zero attached hydrogens (tertiary/aromatic N) is 2. The Morgan fingerprint density at radius 1 is 1.14 bits per heavy atom. The summed E-state index contributed by atoms with van der Waals surface area (Å²) in [5.74, 6) is 0.625. The second-order valence-corrected chi connectivity index (χ2v) is 7.41. The number of halogens is 1. The number of rotatable bonds is 4. The molecule has 0 saturated heterocycles. The van der Waals surface area contributed by atoms with Gasteiger partial charge in [0.25, 0.3) is 0 Å². The molecule has 8 heteroatoms. The molecule has 0 aliphatic heterocycles. The van der Waals surface area contributed by atoms with Gasteiger partial charge in [0.1, 0.15) is 5.58 Å². The molecule has 0 saturated carbocycles. The lowest BCUT2D eigenvalue weighted by atomic mass is 10.1. The van der Waals surface area contributed by atoms with Gasteiger partial charge < -0.3 is 15.1 Å². The van der Waals surface area contributed by atoms with Crippen molar-refractivity contribution in [3.05, 3.63) is 87.4 Å². The summed E-state index contributed by atoms with van der Waals surface area (Å²) in [5, 5.41) is 12.6. The highest BCUT2D eigenvalue weighted by Crippen LogP contribution is 2.21. The summed E-state index contributed by atoms with van der Waals surface area (Å²) in [4.78, 5) is 11.6. The van der Waals surface area contributed by atoms with Crippen LogP contribution < -0.4 is 16.3 Å². The number of hydrogen-bond donors (Lipinski definition) is 2. The molecule has 0 fully saturated rings. The Hall–Kier alpha value is -3.16. The standard InChI is InChI=1S/C21H17ClN4O2S/c1-13-10-20(27)28-18-11-16(6-7-17(13)18)23-21(29)24-19-8-9-26(25-19)12-14-2-4-15(22)5-3-14/h2-11H,12H2,1H3,(H2,23,24,25,29). The first-order valence-electron chi connectivity index (χ1n) is 8.87. The molecule has 4 rings (SSSR count). The molecular weight excluding hydrogens is 408 g/mol. The lowest BCUT2D eigenvalue weighted by Crippen LogP contribution is -2.19. The number of hydrogen-bond acceptors (Lipinski definition) is 4. The van der Waals surface area contributed by atoms with Gasteiger partial charge in [0.05, 0.1) is 6.54 Å². The molecule has 146 valence electrons. The number of aromatic nitrogens is 2. The monoisotopic (exact) mass is 424 g/mol. The largest absolute Gasteiger partial charge is 0.423 e. The molecule has 2 N–H and O–H groups in total. The Morgan fingerprint density at radius 3 is 2.72 bits per heavy atom. The van der Waals surface area contributed by atoms with Crippen molar-refractivity contribution in [3.63, 3.8) is 0 Å². The van der Waals surface area contributed by atoms with Crippen molar-refractivity contribution in [1.82, 2.24) is 9.78 Å². The molecule has 29 heavy (non-hydrogen) atoms. The molecule has 6 nitrogen and oxygen atoms in total. The van der Waals surface area contributed by atoms with Gasteiger partial charge in [-0.3, -0.25) is 4.68 Å². The Labute approximate surface area is 177 Å². The molecule has 0 bridgehead atoms. The van der Waals surface area contributed by atoms with Crippen LogP contribution in [0, 0.1) is 6.92 Å². The molecule has 0 aliphatic rings. The average Bonchev–Trinajstić information content (AvgIpc) is 3.09. The van der Waals surface area contributed by atoms with Crippen molar-refractivity contribution >= 4 is 51.4 Å². The fraction of sp³-hybridized carbons (Fsp3) is 0.0952. The average molecular weight is 425 g/mol. The fourth-order valence-electron chi connectivity index (χ4n) is 2.97. The summed E-state index contributed by atoms with van der Waals surface area (Å²) >= 11 is 11.3. The third-order valence-electron chi connectivity index (χ3n) is 4.35. The first-order valence-corrected chi connectivity index (χ1v) is 9.65. The predicted molar refractivity (Wildman–Crippen MR) is 120 cm³/mol. The minimum Gasteiger partial charge on any atom is -0.423 e. The zero-order valence-electron chi connectivity index (χ0n) is 15.5. The van der Waals surface area contributed by atoms with Crippen LogP contribution in [0.25, 0.3) is 11.0 Å². The molecule has 2 aromatic carbocycles. The smallest absolute Gasteiger partial charge is 0.336 e. The van der Waals surface area contributed by atoms with E-state index in [4.69, 9.17) is 28.2 Å². The van der Waals surface area contributed by atoms with Crippen LogP contribution >= 0.6 is 23.8 Å². The predicted octanol–water partition coefficient (Wildman–Crippen LogP) is 4.81. The van der Waals surface area contributed by atoms with Crippen molar-refractivity contribution in [2.45, 2.75) is 13.5 Å². The van der Waals surface area contributed by atoms with Gasteiger partial charge in [-0.2, -0.15) is 5.10 Å². The van der Waals surface area contributed by atoms with E-state index in [0.29, 0.717) is 33.8 Å². The molecule has 0 amide bonds. The normalized spacial score (nSPS) is 10.8. The Morgan fingerprint density at radius 2 is 1.93 bits per heavy atom. The summed E-state index contributed by atoms with van der Waals surface area (Å²) in [6, 6.07) is 16.5. The van der Waals surface area contributed by atoms with Crippen LogP contribution in [0.3, 0.4) is 0 Å². The maximum Gasteiger partial charge on any atom is 0.336 e. The van der Waals surface area contributed by atoms with Crippen LogP contribution in [0.15, 0.2) is 70.0 Å². The molecule has 0 spiro atoms. The molecule has 0 aliphatic carbocycles. The van der Waals surface area contributed by atoms with E-state index in [1.165, 1.54) is 6.07 Å². The zero-order chi connectivity index (χ0) is 20.4. The molecule has 4 aromatic rings. The fourth-order valence-corrected chi connectivity index (χ4v) is 3.32. The van der Waals surface area contributed by atoms with E-state index in [-0.39, 0.29) is 5.63 Å². The van der Waals surface area contributed by atoms with E-state index in [1.54, 1.807) is 6.07 Å². The van der Waals surface area contributed by atoms with E-state index in [2.05, 4.69) is 15.7 Å². The van der Waals surface area contributed by atoms with Gasteiger partial charge in [0.2, 0.25) is 0 Å². The summed E-state index contributed by atoms with van der Waals surface area (Å²) in [6.45, 7) is 2.50. The van der Waals surface area contributed by atoms with Gasteiger partial charge in [0.15, 0.2) is 10.9 Å². The number of thiocarbonyl (C=S) groups is 1. The van der Waals surface area contributed by atoms with Gasteiger partial charge >= 0.3 is 5.63 Å². The molecular formula is C21H17ClN4O2S. The summed E-state index contributed by atoms with van der Waals surface area (Å²) in [5.41, 5.74) is 2.81. The summed E-state index contributed by atoms with van der Waals surface area (Å²) in [7, 11) is 0. The van der Waals surface area contributed by atoms with Gasteiger partial charge in [0, 0.05) is 40.5 Å². The van der Waals surface area contributed by atoms with Crippen LogP contribution in [-0.2, 0) is 6.54 Å². The zero-order valence-corrected chi connectivity index (χ0v) is 17.1.